The van der Waals surface area contributed by atoms with E-state index in [1.807, 2.05) is 133 Å². The van der Waals surface area contributed by atoms with Crippen molar-refractivity contribution in [3.63, 3.8) is 0 Å². The van der Waals surface area contributed by atoms with E-state index in [0.29, 0.717) is 82.4 Å². The van der Waals surface area contributed by atoms with Crippen molar-refractivity contribution in [3.8, 4) is 29.1 Å². The fraction of sp³-hybridized carbons (Fsp3) is 0.521. The Balaban J connectivity index is 0.000000125. The van der Waals surface area contributed by atoms with Crippen molar-refractivity contribution in [3.05, 3.63) is 259 Å². The van der Waals surface area contributed by atoms with Crippen molar-refractivity contribution >= 4 is 49.5 Å². The molecule has 8 aliphatic heterocycles. The summed E-state index contributed by atoms with van der Waals surface area (Å²) in [5.41, 5.74) is 6.42. The molecule has 0 spiro atoms. The third-order valence-electron chi connectivity index (χ3n) is 33.5. The van der Waals surface area contributed by atoms with E-state index < -0.39 is 87.7 Å². The van der Waals surface area contributed by atoms with Crippen molar-refractivity contribution in [1.82, 2.24) is 59.1 Å². The van der Waals surface area contributed by atoms with Gasteiger partial charge in [-0.2, -0.15) is 5.26 Å². The molecule has 4 N–H and O–H groups in total. The van der Waals surface area contributed by atoms with E-state index in [-0.39, 0.29) is 114 Å². The highest BCUT2D eigenvalue weighted by Crippen LogP contribution is 2.51. The molecule has 150 heavy (non-hydrogen) atoms. The van der Waals surface area contributed by atoms with Crippen LogP contribution in [0.5, 0.6) is 23.0 Å². The van der Waals surface area contributed by atoms with Crippen LogP contribution in [-0.2, 0) is 30.5 Å². The van der Waals surface area contributed by atoms with E-state index >= 15 is 35.1 Å². The maximum atomic E-state index is 15.9. The lowest BCUT2D eigenvalue weighted by Crippen LogP contribution is -2.59. The zero-order valence-electron chi connectivity index (χ0n) is 88.5. The van der Waals surface area contributed by atoms with Crippen molar-refractivity contribution < 1.29 is 72.0 Å². The summed E-state index contributed by atoms with van der Waals surface area (Å²) in [7, 11) is 0. The van der Waals surface area contributed by atoms with Crippen molar-refractivity contribution in [2.45, 2.75) is 263 Å². The summed E-state index contributed by atoms with van der Waals surface area (Å²) in [4.78, 5) is 43.4. The number of aromatic nitrogens is 4. The molecule has 2 aliphatic carbocycles. The van der Waals surface area contributed by atoms with E-state index in [4.69, 9.17) is 24.2 Å². The predicted octanol–water partition coefficient (Wildman–Crippen LogP) is 25.5. The van der Waals surface area contributed by atoms with Gasteiger partial charge >= 0.3 is 0 Å². The van der Waals surface area contributed by atoms with Crippen LogP contribution < -0.4 is 18.9 Å². The number of hydrogen-bond donors (Lipinski definition) is 4. The molecule has 0 bridgehead atoms. The standard InChI is InChI=1S/C32H41F2N3O.C31H38F3N3O.C29H35F4N3O.C29H32F2N4O2/c1-3-22-18-36(19-22)13-14-38-24-16-27(33)30(28(34)17-24)32-31-26(25-11-7-8-12-29(25)35-31)15-21(2)37(32)20-23-9-5-4-6-10-23;1-19-13-24-23-9-4-5-10-27(23)35-29(24)30(37(19)18-31(2,3)34)28-25(32)14-21(15-26(28)33)38-22-16-36(17-22)12-11-20-7-6-8-20;1-5-29(33)16-35(17-29)10-11-37-19-13-22(30)25(23(31)14-19)27-26-21(20-8-6-7-9-24(20)34-26)12-18(2)36(27)15-28(3,4)32;1-3-19-16-34(17-19)11-12-37-20-14-23(30)27(24(31)15-20)29-28-22(21-7-4-5-8-25(21)33-28)13-18(2)35(29)26(36)9-6-10-32/h7-8,11-12,16-17,21-23,32,35H,3-6,9-10,13-15,18-20H2,1-2H3;4-5,9-10,14-15,19-20,22,30,35H,6-8,11-13,16-18H2,1-3H3;6-9,13-14,18,27,34H,5,10-12,15-17H2,1-4H3;4-5,7-8,14-15,18-19,29,33H,3,6,9,11-13,16-17H2,1-2H3/t21-,32-;19-,30-;18-,27-;18-,29-/m1111/s1. The monoisotopic (exact) mass is 2070 g/mol. The number of nitrogens with zero attached hydrogens (tertiary/aromatic N) is 9. The smallest absolute Gasteiger partial charge is 0.224 e. The average molecular weight is 2070 g/mol. The summed E-state index contributed by atoms with van der Waals surface area (Å²) >= 11 is 0. The fourth-order valence-corrected chi connectivity index (χ4v) is 25.2. The molecule has 10 aliphatic rings. The van der Waals surface area contributed by atoms with Crippen LogP contribution in [0.2, 0.25) is 0 Å². The lowest BCUT2D eigenvalue weighted by Gasteiger charge is -2.44. The molecule has 8 aromatic carbocycles. The first-order valence-electron chi connectivity index (χ1n) is 54.9. The summed E-state index contributed by atoms with van der Waals surface area (Å²) in [6.07, 6.45) is 17.0. The highest BCUT2D eigenvalue weighted by molar-refractivity contribution is 5.89. The summed E-state index contributed by atoms with van der Waals surface area (Å²) in [6.45, 7) is 31.8. The van der Waals surface area contributed by atoms with Gasteiger partial charge in [-0.1, -0.05) is 145 Å². The number of halogens is 11. The Labute approximate surface area is 874 Å². The highest BCUT2D eigenvalue weighted by Gasteiger charge is 2.49. The second-order valence-corrected chi connectivity index (χ2v) is 45.6. The molecule has 4 aromatic heterocycles. The Kier molecular flexibility index (Phi) is 32.8. The van der Waals surface area contributed by atoms with Gasteiger partial charge in [-0.3, -0.25) is 39.1 Å². The maximum Gasteiger partial charge on any atom is 0.224 e. The van der Waals surface area contributed by atoms with Gasteiger partial charge in [0.2, 0.25) is 5.91 Å². The summed E-state index contributed by atoms with van der Waals surface area (Å²) < 4.78 is 193. The number of benzene rings is 8. The van der Waals surface area contributed by atoms with Gasteiger partial charge in [-0.15, -0.1) is 0 Å². The fourth-order valence-electron chi connectivity index (χ4n) is 25.2. The minimum Gasteiger partial charge on any atom is -0.492 e. The molecule has 6 fully saturated rings. The molecular formula is C121H146F11N13O5. The molecule has 18 nitrogen and oxygen atoms in total. The second-order valence-electron chi connectivity index (χ2n) is 45.6. The van der Waals surface area contributed by atoms with Crippen LogP contribution in [0.4, 0.5) is 48.3 Å². The van der Waals surface area contributed by atoms with E-state index in [1.54, 1.807) is 0 Å². The molecular weight excluding hydrogens is 1920 g/mol. The number of rotatable bonds is 32. The summed E-state index contributed by atoms with van der Waals surface area (Å²) in [5, 5.41) is 13.2. The normalized spacial score (nSPS) is 22.2. The van der Waals surface area contributed by atoms with Crippen LogP contribution >= 0.6 is 0 Å². The zero-order valence-corrected chi connectivity index (χ0v) is 88.5. The van der Waals surface area contributed by atoms with Crippen LogP contribution in [0.1, 0.15) is 258 Å². The van der Waals surface area contributed by atoms with Gasteiger partial charge in [0.25, 0.3) is 0 Å². The Morgan fingerprint density at radius 2 is 0.747 bits per heavy atom. The Bertz CT molecular complexity index is 6690. The van der Waals surface area contributed by atoms with Crippen molar-refractivity contribution in [2.75, 3.05) is 118 Å². The van der Waals surface area contributed by atoms with Crippen molar-refractivity contribution in [2.24, 2.45) is 23.7 Å². The minimum atomic E-state index is -1.56. The number of fused-ring (bicyclic) bond motifs is 12. The van der Waals surface area contributed by atoms with Crippen LogP contribution in [0.15, 0.2) is 146 Å². The van der Waals surface area contributed by atoms with Gasteiger partial charge in [-0.25, -0.2) is 48.3 Å². The Morgan fingerprint density at radius 3 is 1.11 bits per heavy atom. The summed E-state index contributed by atoms with van der Waals surface area (Å²) in [5.74, 6) is -2.02. The van der Waals surface area contributed by atoms with Gasteiger partial charge in [0.1, 0.15) is 119 Å². The molecule has 1 amide bonds. The van der Waals surface area contributed by atoms with Crippen LogP contribution in [-0.4, -0.2) is 230 Å². The number of nitriles is 1. The van der Waals surface area contributed by atoms with Gasteiger partial charge in [0.15, 0.2) is 0 Å². The number of amides is 1. The first-order chi connectivity index (χ1) is 72.1. The quantitative estimate of drug-likeness (QED) is 0.0295. The number of nitrogens with one attached hydrogen (secondary N) is 4. The molecule has 802 valence electrons. The third kappa shape index (κ3) is 23.4. The lowest BCUT2D eigenvalue weighted by molar-refractivity contribution is -0.135. The van der Waals surface area contributed by atoms with Crippen molar-refractivity contribution in [1.29, 1.82) is 5.26 Å². The number of ether oxygens (including phenoxy) is 4. The predicted molar refractivity (Wildman–Crippen MR) is 568 cm³/mol. The molecule has 4 saturated heterocycles. The number of alkyl halides is 3. The van der Waals surface area contributed by atoms with Gasteiger partial charge in [0.05, 0.1) is 29.8 Å². The molecule has 0 radical (unpaired) electrons. The molecule has 12 aromatic rings. The van der Waals surface area contributed by atoms with E-state index in [1.165, 1.54) is 151 Å². The molecule has 29 heteroatoms. The molecule has 12 heterocycles. The van der Waals surface area contributed by atoms with Crippen LogP contribution in [0.25, 0.3) is 43.6 Å². The second kappa shape index (κ2) is 45.7. The topological polar surface area (TPSA) is 167 Å². The number of H-pyrrole nitrogens is 4. The van der Waals surface area contributed by atoms with E-state index in [2.05, 4.69) is 72.4 Å². The summed E-state index contributed by atoms with van der Waals surface area (Å²) in [6, 6.07) is 40.5. The van der Waals surface area contributed by atoms with Crippen LogP contribution in [0, 0.1) is 81.5 Å². The number of para-hydroxylation sites is 4. The van der Waals surface area contributed by atoms with Gasteiger partial charge in [-0.05, 0) is 183 Å². The van der Waals surface area contributed by atoms with Crippen LogP contribution in [0.3, 0.4) is 0 Å². The first kappa shape index (κ1) is 107. The first-order valence-corrected chi connectivity index (χ1v) is 54.9. The van der Waals surface area contributed by atoms with E-state index in [9.17, 15) is 18.0 Å². The largest absolute Gasteiger partial charge is 0.492 e. The molecule has 22 rings (SSSR count). The Hall–Kier alpha value is -11.0. The molecule has 8 atom stereocenters. The van der Waals surface area contributed by atoms with Gasteiger partial charge < -0.3 is 43.8 Å². The van der Waals surface area contributed by atoms with Gasteiger partial charge in [0, 0.05) is 260 Å². The molecule has 2 saturated carbocycles. The third-order valence-corrected chi connectivity index (χ3v) is 33.5. The number of likely N-dealkylation sites (tertiary alicyclic amines) is 4. The number of carbonyl (C=O) groups is 1. The Morgan fingerprint density at radius 1 is 0.413 bits per heavy atom. The lowest BCUT2D eigenvalue weighted by atomic mass is 9.83. The zero-order chi connectivity index (χ0) is 105. The SMILES string of the molecule is CCC1(F)CN(CCOc2cc(F)c([C@@H]3c4[nH]c5ccccc5c4C[C@@H](C)N3CC(C)(C)F)c(F)c2)C1.CCC1CN(CCOc2cc(F)c([C@@H]3c4[nH]c5ccccc5c4C[C@@H](C)N3C(=O)CCC#N)c(F)c2)C1.CCC1CN(CCOc2cc(F)c([C@@H]3c4[nH]c5ccccc5c4C[C@@H](C)N3CC3CCCCC3)c(F)c2)C1.C[C@@H]1Cc2c([nH]c3ccccc23)[C@@H](c2c(F)cc(OC3CN(CCC4CCC4)C3)cc2F)N1CC(C)(C)F. The maximum absolute atomic E-state index is 15.9. The highest BCUT2D eigenvalue weighted by atomic mass is 19.2. The number of hydrogen-bond acceptors (Lipinski definition) is 13. The number of aromatic amines is 4. The number of carbonyl (C=O) groups excluding carboxylic acids is 1. The van der Waals surface area contributed by atoms with E-state index in [0.717, 1.165) is 161 Å². The average Bonchev–Trinajstić information content (AvgIpc) is 1.58. The molecule has 0 unspecified atom stereocenters. The minimum absolute atomic E-state index is 0.00722.